The molecule has 160 valence electrons. The highest BCUT2D eigenvalue weighted by molar-refractivity contribution is 7.91. The van der Waals surface area contributed by atoms with E-state index in [1.165, 1.54) is 11.3 Å². The van der Waals surface area contributed by atoms with Crippen LogP contribution in [0.5, 0.6) is 0 Å². The van der Waals surface area contributed by atoms with Crippen LogP contribution < -0.4 is 10.6 Å². The molecule has 1 saturated heterocycles. The third-order valence-electron chi connectivity index (χ3n) is 5.81. The molecule has 1 fully saturated rings. The lowest BCUT2D eigenvalue weighted by Gasteiger charge is -2.19. The number of aryl methyl sites for hydroxylation is 1. The molecule has 4 rings (SSSR count). The average molecular weight is 447 g/mol. The lowest BCUT2D eigenvalue weighted by Crippen LogP contribution is -2.36. The van der Waals surface area contributed by atoms with Crippen molar-refractivity contribution in [3.05, 3.63) is 51.4 Å². The number of rotatable bonds is 4. The zero-order valence-corrected chi connectivity index (χ0v) is 18.8. The number of hydrogen-bond acceptors (Lipinski definition) is 5. The van der Waals surface area contributed by atoms with Gasteiger partial charge in [-0.05, 0) is 56.2 Å². The average Bonchev–Trinajstić information content (AvgIpc) is 3.19. The van der Waals surface area contributed by atoms with Crippen molar-refractivity contribution in [1.29, 1.82) is 0 Å². The number of carbonyl (C=O) groups excluding carboxylic acids is 2. The minimum Gasteiger partial charge on any atom is -0.348 e. The van der Waals surface area contributed by atoms with E-state index in [0.29, 0.717) is 28.5 Å². The molecule has 0 bridgehead atoms. The van der Waals surface area contributed by atoms with Crippen LogP contribution in [0.25, 0.3) is 0 Å². The van der Waals surface area contributed by atoms with E-state index in [4.69, 9.17) is 0 Å². The summed E-state index contributed by atoms with van der Waals surface area (Å²) in [5.41, 5.74) is 3.04. The molecule has 1 aromatic heterocycles. The van der Waals surface area contributed by atoms with Crippen LogP contribution in [0.4, 0.5) is 5.00 Å². The Morgan fingerprint density at radius 1 is 1.17 bits per heavy atom. The van der Waals surface area contributed by atoms with Gasteiger partial charge in [0.15, 0.2) is 9.84 Å². The molecule has 2 amide bonds. The van der Waals surface area contributed by atoms with Crippen LogP contribution >= 0.6 is 11.3 Å². The molecule has 1 aliphatic heterocycles. The molecule has 0 saturated carbocycles. The van der Waals surface area contributed by atoms with Gasteiger partial charge in [-0.2, -0.15) is 0 Å². The van der Waals surface area contributed by atoms with Crippen LogP contribution in [0.2, 0.25) is 0 Å². The highest BCUT2D eigenvalue weighted by Gasteiger charge is 2.33. The molecular weight excluding hydrogens is 420 g/mol. The minimum atomic E-state index is -3.09. The van der Waals surface area contributed by atoms with Gasteiger partial charge in [0.05, 0.1) is 17.1 Å². The Balaban J connectivity index is 1.63. The van der Waals surface area contributed by atoms with Gasteiger partial charge in [-0.25, -0.2) is 8.42 Å². The predicted molar refractivity (Wildman–Crippen MR) is 119 cm³/mol. The van der Waals surface area contributed by atoms with Crippen molar-refractivity contribution in [1.82, 2.24) is 5.32 Å². The normalized spacial score (nSPS) is 22.3. The fourth-order valence-electron chi connectivity index (χ4n) is 4.21. The Hall–Kier alpha value is -2.19. The summed E-state index contributed by atoms with van der Waals surface area (Å²) in [6.07, 6.45) is 3.10. The van der Waals surface area contributed by atoms with Gasteiger partial charge in [-0.3, -0.25) is 9.59 Å². The van der Waals surface area contributed by atoms with Crippen molar-refractivity contribution in [3.63, 3.8) is 0 Å². The number of sulfone groups is 1. The molecule has 0 radical (unpaired) electrons. The van der Waals surface area contributed by atoms with Crippen molar-refractivity contribution in [2.24, 2.45) is 5.92 Å². The number of hydrogen-bond donors (Lipinski definition) is 2. The molecule has 2 N–H and O–H groups in total. The highest BCUT2D eigenvalue weighted by atomic mass is 32.2. The summed E-state index contributed by atoms with van der Waals surface area (Å²) < 4.78 is 23.5. The van der Waals surface area contributed by atoms with Crippen molar-refractivity contribution < 1.29 is 18.0 Å². The van der Waals surface area contributed by atoms with Crippen LogP contribution in [0, 0.1) is 12.8 Å². The Morgan fingerprint density at radius 2 is 1.97 bits per heavy atom. The van der Waals surface area contributed by atoms with Gasteiger partial charge in [0.2, 0.25) is 0 Å². The third kappa shape index (κ3) is 4.44. The maximum Gasteiger partial charge on any atom is 0.256 e. The van der Waals surface area contributed by atoms with Crippen molar-refractivity contribution in [2.75, 3.05) is 16.8 Å². The SMILES string of the molecule is Cc1cccc(C(=O)Nc2sc3c(c2C(=O)NC2CCS(=O)(=O)C2)CCC(C)C3)c1. The van der Waals surface area contributed by atoms with Crippen LogP contribution in [0.3, 0.4) is 0 Å². The van der Waals surface area contributed by atoms with Crippen LogP contribution in [-0.2, 0) is 22.7 Å². The van der Waals surface area contributed by atoms with Gasteiger partial charge in [-0.15, -0.1) is 11.3 Å². The topological polar surface area (TPSA) is 92.3 Å². The molecule has 6 nitrogen and oxygen atoms in total. The second-order valence-corrected chi connectivity index (χ2v) is 11.8. The zero-order chi connectivity index (χ0) is 21.5. The van der Waals surface area contributed by atoms with Gasteiger partial charge in [-0.1, -0.05) is 24.6 Å². The number of anilines is 1. The monoisotopic (exact) mass is 446 g/mol. The first-order valence-electron chi connectivity index (χ1n) is 10.3. The Bertz CT molecular complexity index is 1100. The van der Waals surface area contributed by atoms with Gasteiger partial charge < -0.3 is 10.6 Å². The van der Waals surface area contributed by atoms with Gasteiger partial charge in [0, 0.05) is 16.5 Å². The summed E-state index contributed by atoms with van der Waals surface area (Å²) in [4.78, 5) is 27.1. The summed E-state index contributed by atoms with van der Waals surface area (Å²) in [7, 11) is -3.09. The lowest BCUT2D eigenvalue weighted by molar-refractivity contribution is 0.0941. The quantitative estimate of drug-likeness (QED) is 0.753. The summed E-state index contributed by atoms with van der Waals surface area (Å²) in [5.74, 6) is 0.0835. The van der Waals surface area contributed by atoms with E-state index in [1.807, 2.05) is 25.1 Å². The first-order chi connectivity index (χ1) is 14.2. The second kappa shape index (κ2) is 8.15. The number of carbonyl (C=O) groups is 2. The number of nitrogens with one attached hydrogen (secondary N) is 2. The molecule has 0 spiro atoms. The number of benzene rings is 1. The Labute approximate surface area is 181 Å². The largest absolute Gasteiger partial charge is 0.348 e. The zero-order valence-electron chi connectivity index (χ0n) is 17.2. The van der Waals surface area contributed by atoms with E-state index in [-0.39, 0.29) is 29.4 Å². The Kier molecular flexibility index (Phi) is 5.72. The smallest absolute Gasteiger partial charge is 0.256 e. The molecule has 2 atom stereocenters. The summed E-state index contributed by atoms with van der Waals surface area (Å²) in [5, 5.41) is 6.40. The summed E-state index contributed by atoms with van der Waals surface area (Å²) >= 11 is 1.47. The van der Waals surface area contributed by atoms with Gasteiger partial charge in [0.25, 0.3) is 11.8 Å². The van der Waals surface area contributed by atoms with Crippen molar-refractivity contribution >= 4 is 38.0 Å². The molecule has 2 aliphatic rings. The van der Waals surface area contributed by atoms with Crippen molar-refractivity contribution in [2.45, 2.75) is 45.6 Å². The summed E-state index contributed by atoms with van der Waals surface area (Å²) in [6, 6.07) is 6.95. The fourth-order valence-corrected chi connectivity index (χ4v) is 7.28. The fraction of sp³-hybridized carbons (Fsp3) is 0.455. The number of thiophene rings is 1. The molecule has 2 unspecified atom stereocenters. The van der Waals surface area contributed by atoms with E-state index in [0.717, 1.165) is 35.3 Å². The highest BCUT2D eigenvalue weighted by Crippen LogP contribution is 2.40. The molecule has 30 heavy (non-hydrogen) atoms. The molecule has 1 aliphatic carbocycles. The van der Waals surface area contributed by atoms with E-state index in [9.17, 15) is 18.0 Å². The van der Waals surface area contributed by atoms with E-state index >= 15 is 0 Å². The van der Waals surface area contributed by atoms with E-state index in [2.05, 4.69) is 17.6 Å². The van der Waals surface area contributed by atoms with Gasteiger partial charge in [0.1, 0.15) is 5.00 Å². The maximum absolute atomic E-state index is 13.2. The number of amides is 2. The third-order valence-corrected chi connectivity index (χ3v) is 8.75. The Morgan fingerprint density at radius 3 is 2.67 bits per heavy atom. The second-order valence-electron chi connectivity index (χ2n) is 8.45. The lowest BCUT2D eigenvalue weighted by atomic mass is 9.88. The molecular formula is C22H26N2O4S2. The first kappa shape index (κ1) is 21.1. The predicted octanol–water partition coefficient (Wildman–Crippen LogP) is 3.35. The molecule has 1 aromatic carbocycles. The van der Waals surface area contributed by atoms with E-state index < -0.39 is 9.84 Å². The molecule has 8 heteroatoms. The minimum absolute atomic E-state index is 0.0207. The van der Waals surface area contributed by atoms with Crippen molar-refractivity contribution in [3.8, 4) is 0 Å². The standard InChI is InChI=1S/C22H26N2O4S2/c1-13-4-3-5-15(10-13)20(25)24-22-19(17-7-6-14(2)11-18(17)29-22)21(26)23-16-8-9-30(27,28)12-16/h3-5,10,14,16H,6-9,11-12H2,1-2H3,(H,23,26)(H,24,25). The molecule has 2 heterocycles. The number of fused-ring (bicyclic) bond motifs is 1. The van der Waals surface area contributed by atoms with Crippen LogP contribution in [0.15, 0.2) is 24.3 Å². The summed E-state index contributed by atoms with van der Waals surface area (Å²) in [6.45, 7) is 4.12. The first-order valence-corrected chi connectivity index (χ1v) is 12.9. The molecule has 2 aromatic rings. The van der Waals surface area contributed by atoms with Crippen LogP contribution in [0.1, 0.15) is 56.5 Å². The maximum atomic E-state index is 13.2. The van der Waals surface area contributed by atoms with E-state index in [1.54, 1.807) is 6.07 Å². The van der Waals surface area contributed by atoms with Crippen LogP contribution in [-0.4, -0.2) is 37.8 Å². The van der Waals surface area contributed by atoms with Gasteiger partial charge >= 0.3 is 0 Å².